The molecule has 1 aliphatic rings. The van der Waals surface area contributed by atoms with Gasteiger partial charge in [-0.15, -0.1) is 5.10 Å². The van der Waals surface area contributed by atoms with Crippen LogP contribution < -0.4 is 5.32 Å². The number of nitro benzene ring substituents is 1. The highest BCUT2D eigenvalue weighted by Crippen LogP contribution is 2.26. The fraction of sp³-hybridized carbons (Fsp3) is 0.150. The van der Waals surface area contributed by atoms with Crippen LogP contribution >= 0.6 is 11.8 Å². The van der Waals surface area contributed by atoms with Gasteiger partial charge in [0.1, 0.15) is 0 Å². The molecule has 28 heavy (non-hydrogen) atoms. The van der Waals surface area contributed by atoms with Gasteiger partial charge in [0.05, 0.1) is 16.0 Å². The van der Waals surface area contributed by atoms with E-state index < -0.39 is 4.92 Å². The van der Waals surface area contributed by atoms with Gasteiger partial charge in [0.15, 0.2) is 5.17 Å². The van der Waals surface area contributed by atoms with Gasteiger partial charge >= 0.3 is 0 Å². The lowest BCUT2D eigenvalue weighted by Gasteiger charge is -2.04. The van der Waals surface area contributed by atoms with E-state index in [-0.39, 0.29) is 11.6 Å². The van der Waals surface area contributed by atoms with Crippen molar-refractivity contribution in [2.45, 2.75) is 19.8 Å². The van der Waals surface area contributed by atoms with Crippen LogP contribution in [0.15, 0.2) is 63.6 Å². The second-order valence-electron chi connectivity index (χ2n) is 6.39. The van der Waals surface area contributed by atoms with Crippen LogP contribution in [0.1, 0.15) is 36.5 Å². The van der Waals surface area contributed by atoms with E-state index in [2.05, 4.69) is 29.4 Å². The summed E-state index contributed by atoms with van der Waals surface area (Å²) < 4.78 is 0. The molecular weight excluding hydrogens is 376 g/mol. The van der Waals surface area contributed by atoms with E-state index in [0.717, 1.165) is 5.56 Å². The minimum absolute atomic E-state index is 0.0196. The molecule has 1 saturated heterocycles. The van der Waals surface area contributed by atoms with Gasteiger partial charge in [0.2, 0.25) is 0 Å². The van der Waals surface area contributed by atoms with Crippen LogP contribution in [-0.2, 0) is 4.79 Å². The number of benzene rings is 2. The average Bonchev–Trinajstić information content (AvgIpc) is 3.01. The number of amidine groups is 1. The molecule has 1 N–H and O–H groups in total. The summed E-state index contributed by atoms with van der Waals surface area (Å²) in [5.74, 6) is 0.218. The highest BCUT2D eigenvalue weighted by Gasteiger charge is 2.23. The molecule has 3 rings (SSSR count). The number of hydrogen-bond donors (Lipinski definition) is 1. The second kappa shape index (κ2) is 8.62. The first-order chi connectivity index (χ1) is 13.4. The van der Waals surface area contributed by atoms with Crippen molar-refractivity contribution in [3.8, 4) is 0 Å². The van der Waals surface area contributed by atoms with E-state index in [1.807, 2.05) is 24.3 Å². The minimum Gasteiger partial charge on any atom is -0.299 e. The van der Waals surface area contributed by atoms with Gasteiger partial charge in [0, 0.05) is 17.7 Å². The molecule has 0 bridgehead atoms. The molecule has 8 heteroatoms. The number of rotatable bonds is 5. The first-order valence-electron chi connectivity index (χ1n) is 8.59. The molecule has 142 valence electrons. The van der Waals surface area contributed by atoms with Gasteiger partial charge in [-0.25, -0.2) is 0 Å². The molecule has 0 radical (unpaired) electrons. The van der Waals surface area contributed by atoms with Crippen LogP contribution in [0.3, 0.4) is 0 Å². The number of nitrogens with one attached hydrogen (secondary N) is 1. The summed E-state index contributed by atoms with van der Waals surface area (Å²) in [6.45, 7) is 4.26. The third-order valence-electron chi connectivity index (χ3n) is 3.99. The van der Waals surface area contributed by atoms with Gasteiger partial charge in [0.25, 0.3) is 11.6 Å². The Kier molecular flexibility index (Phi) is 6.00. The second-order valence-corrected chi connectivity index (χ2v) is 7.42. The molecule has 2 aromatic rings. The van der Waals surface area contributed by atoms with Crippen molar-refractivity contribution < 1.29 is 9.72 Å². The fourth-order valence-corrected chi connectivity index (χ4v) is 3.25. The van der Waals surface area contributed by atoms with Crippen molar-refractivity contribution in [3.63, 3.8) is 0 Å². The summed E-state index contributed by atoms with van der Waals surface area (Å²) in [7, 11) is 0. The largest absolute Gasteiger partial charge is 0.299 e. The summed E-state index contributed by atoms with van der Waals surface area (Å²) >= 11 is 1.20. The molecule has 7 nitrogen and oxygen atoms in total. The molecule has 0 aliphatic carbocycles. The van der Waals surface area contributed by atoms with Crippen LogP contribution in [0.5, 0.6) is 0 Å². The molecule has 0 atom stereocenters. The SMILES string of the molecule is CC(C)c1ccc(/C=C2/S/C(=N/N=C/c3cccc([N+](=O)[O-])c3)NC2=O)cc1. The molecule has 2 aromatic carbocycles. The van der Waals surface area contributed by atoms with Gasteiger partial charge in [-0.2, -0.15) is 5.10 Å². The molecule has 0 spiro atoms. The van der Waals surface area contributed by atoms with Crippen molar-refractivity contribution in [3.05, 3.63) is 80.2 Å². The first-order valence-corrected chi connectivity index (χ1v) is 9.40. The zero-order valence-electron chi connectivity index (χ0n) is 15.3. The van der Waals surface area contributed by atoms with Crippen molar-refractivity contribution >= 4 is 40.8 Å². The number of non-ortho nitro benzene ring substituents is 1. The highest BCUT2D eigenvalue weighted by atomic mass is 32.2. The van der Waals surface area contributed by atoms with Crippen LogP contribution in [0.4, 0.5) is 5.69 Å². The van der Waals surface area contributed by atoms with Crippen molar-refractivity contribution in [2.24, 2.45) is 10.2 Å². The summed E-state index contributed by atoms with van der Waals surface area (Å²) in [6.07, 6.45) is 3.20. The Morgan fingerprint density at radius 1 is 1.14 bits per heavy atom. The summed E-state index contributed by atoms with van der Waals surface area (Å²) in [4.78, 5) is 23.0. The topological polar surface area (TPSA) is 97.0 Å². The van der Waals surface area contributed by atoms with Gasteiger partial charge in [-0.05, 0) is 34.9 Å². The Hall–Kier alpha value is -3.26. The van der Waals surface area contributed by atoms with Crippen molar-refractivity contribution in [1.29, 1.82) is 0 Å². The monoisotopic (exact) mass is 394 g/mol. The third kappa shape index (κ3) is 4.92. The molecule has 0 unspecified atom stereocenters. The van der Waals surface area contributed by atoms with Gasteiger partial charge in [-0.3, -0.25) is 20.2 Å². The highest BCUT2D eigenvalue weighted by molar-refractivity contribution is 8.18. The van der Waals surface area contributed by atoms with Crippen LogP contribution in [0, 0.1) is 10.1 Å². The Balaban J connectivity index is 1.69. The zero-order chi connectivity index (χ0) is 20.1. The molecule has 1 heterocycles. The maximum Gasteiger partial charge on any atom is 0.270 e. The number of thioether (sulfide) groups is 1. The number of amides is 1. The van der Waals surface area contributed by atoms with Crippen LogP contribution in [0.25, 0.3) is 6.08 Å². The predicted octanol–water partition coefficient (Wildman–Crippen LogP) is 4.31. The van der Waals surface area contributed by atoms with Crippen molar-refractivity contribution in [2.75, 3.05) is 0 Å². The number of nitro groups is 1. The Labute approximate surface area is 166 Å². The van der Waals surface area contributed by atoms with E-state index >= 15 is 0 Å². The van der Waals surface area contributed by atoms with E-state index in [0.29, 0.717) is 21.6 Å². The lowest BCUT2D eigenvalue weighted by Crippen LogP contribution is -2.19. The van der Waals surface area contributed by atoms with E-state index in [4.69, 9.17) is 0 Å². The summed E-state index contributed by atoms with van der Waals surface area (Å²) in [5.41, 5.74) is 2.70. The van der Waals surface area contributed by atoms with E-state index in [9.17, 15) is 14.9 Å². The van der Waals surface area contributed by atoms with Gasteiger partial charge in [-0.1, -0.05) is 50.2 Å². The van der Waals surface area contributed by atoms with Crippen molar-refractivity contribution in [1.82, 2.24) is 5.32 Å². The quantitative estimate of drug-likeness (QED) is 0.354. The Morgan fingerprint density at radius 3 is 2.57 bits per heavy atom. The molecule has 1 aliphatic heterocycles. The molecule has 0 saturated carbocycles. The fourth-order valence-electron chi connectivity index (χ4n) is 2.47. The Morgan fingerprint density at radius 2 is 1.89 bits per heavy atom. The molecule has 0 aromatic heterocycles. The summed E-state index contributed by atoms with van der Waals surface area (Å²) in [5, 5.41) is 21.7. The average molecular weight is 394 g/mol. The van der Waals surface area contributed by atoms with E-state index in [1.54, 1.807) is 18.2 Å². The number of hydrogen-bond acceptors (Lipinski definition) is 6. The molecular formula is C20H18N4O3S. The zero-order valence-corrected chi connectivity index (χ0v) is 16.1. The normalized spacial score (nSPS) is 17.0. The van der Waals surface area contributed by atoms with Crippen LogP contribution in [0.2, 0.25) is 0 Å². The van der Waals surface area contributed by atoms with E-state index in [1.165, 1.54) is 35.7 Å². The lowest BCUT2D eigenvalue weighted by molar-refractivity contribution is -0.384. The van der Waals surface area contributed by atoms with Crippen LogP contribution in [-0.4, -0.2) is 22.2 Å². The van der Waals surface area contributed by atoms with Gasteiger partial charge < -0.3 is 0 Å². The maximum atomic E-state index is 12.1. The Bertz CT molecular complexity index is 995. The summed E-state index contributed by atoms with van der Waals surface area (Å²) in [6, 6.07) is 14.1. The first kappa shape index (κ1) is 19.5. The number of carbonyl (C=O) groups is 1. The predicted molar refractivity (Wildman–Crippen MR) is 112 cm³/mol. The third-order valence-corrected chi connectivity index (χ3v) is 4.89. The minimum atomic E-state index is -0.471. The number of carbonyl (C=O) groups excluding carboxylic acids is 1. The maximum absolute atomic E-state index is 12.1. The molecule has 1 fully saturated rings. The standard InChI is InChI=1S/C20H18N4O3S/c1-13(2)16-8-6-14(7-9-16)11-18-19(25)22-20(28-18)23-21-12-15-4-3-5-17(10-15)24(26)27/h3-13H,1-2H3,(H,22,23,25)/b18-11+,21-12+. The lowest BCUT2D eigenvalue weighted by atomic mass is 10.0. The number of nitrogens with zero attached hydrogens (tertiary/aromatic N) is 3. The molecule has 1 amide bonds. The smallest absolute Gasteiger partial charge is 0.270 e.